The van der Waals surface area contributed by atoms with Crippen LogP contribution in [-0.2, 0) is 22.6 Å². The van der Waals surface area contributed by atoms with Crippen molar-refractivity contribution in [2.24, 2.45) is 0 Å². The van der Waals surface area contributed by atoms with Crippen molar-refractivity contribution in [3.63, 3.8) is 0 Å². The van der Waals surface area contributed by atoms with E-state index in [9.17, 15) is 9.59 Å². The second-order valence-corrected chi connectivity index (χ2v) is 8.86. The van der Waals surface area contributed by atoms with Gasteiger partial charge in [0.2, 0.25) is 5.91 Å². The van der Waals surface area contributed by atoms with Crippen molar-refractivity contribution in [3.8, 4) is 0 Å². The molecule has 1 aromatic heterocycles. The van der Waals surface area contributed by atoms with Crippen molar-refractivity contribution in [2.45, 2.75) is 58.7 Å². The molecule has 1 fully saturated rings. The van der Waals surface area contributed by atoms with Crippen LogP contribution in [0.5, 0.6) is 0 Å². The van der Waals surface area contributed by atoms with Crippen molar-refractivity contribution in [3.05, 3.63) is 47.3 Å². The number of aromatic nitrogens is 2. The van der Waals surface area contributed by atoms with Crippen LogP contribution in [0.1, 0.15) is 49.9 Å². The fourth-order valence-corrected chi connectivity index (χ4v) is 4.13. The molecule has 154 valence electrons. The van der Waals surface area contributed by atoms with E-state index in [1.165, 1.54) is 11.1 Å². The molecule has 0 saturated carbocycles. The largest absolute Gasteiger partial charge is 0.444 e. The average Bonchev–Trinajstić information content (AvgIpc) is 3.23. The number of rotatable bonds is 2. The lowest BCUT2D eigenvalue weighted by molar-refractivity contribution is -0.117. The lowest BCUT2D eigenvalue weighted by Crippen LogP contribution is -2.42. The molecule has 1 atom stereocenters. The van der Waals surface area contributed by atoms with Gasteiger partial charge >= 0.3 is 6.09 Å². The van der Waals surface area contributed by atoms with Crippen molar-refractivity contribution in [1.29, 1.82) is 0 Å². The van der Waals surface area contributed by atoms with Gasteiger partial charge in [-0.2, -0.15) is 5.10 Å². The number of hydrogen-bond donors (Lipinski definition) is 0. The number of amides is 2. The van der Waals surface area contributed by atoms with E-state index in [-0.39, 0.29) is 17.9 Å². The molecule has 1 saturated heterocycles. The maximum Gasteiger partial charge on any atom is 0.410 e. The van der Waals surface area contributed by atoms with Gasteiger partial charge in [0.05, 0.1) is 30.7 Å². The monoisotopic (exact) mass is 396 g/mol. The van der Waals surface area contributed by atoms with Gasteiger partial charge in [0, 0.05) is 25.4 Å². The van der Waals surface area contributed by atoms with Crippen LogP contribution in [0.25, 0.3) is 0 Å². The number of benzene rings is 1. The van der Waals surface area contributed by atoms with Crippen LogP contribution >= 0.6 is 0 Å². The zero-order valence-corrected chi connectivity index (χ0v) is 17.5. The number of aryl methyl sites for hydroxylation is 1. The molecule has 0 aliphatic carbocycles. The molecule has 1 unspecified atom stereocenters. The van der Waals surface area contributed by atoms with Gasteiger partial charge in [-0.1, -0.05) is 24.3 Å². The molecule has 2 aliphatic rings. The van der Waals surface area contributed by atoms with Crippen LogP contribution in [0.3, 0.4) is 0 Å². The molecule has 7 heteroatoms. The molecule has 7 nitrogen and oxygen atoms in total. The highest BCUT2D eigenvalue weighted by Crippen LogP contribution is 2.35. The molecule has 4 rings (SSSR count). The molecule has 3 heterocycles. The van der Waals surface area contributed by atoms with Gasteiger partial charge in [0.25, 0.3) is 0 Å². The number of ether oxygens (including phenoxy) is 1. The fourth-order valence-electron chi connectivity index (χ4n) is 4.13. The summed E-state index contributed by atoms with van der Waals surface area (Å²) in [5.41, 5.74) is 3.59. The molecule has 2 aliphatic heterocycles. The Morgan fingerprint density at radius 3 is 2.69 bits per heavy atom. The van der Waals surface area contributed by atoms with E-state index in [0.29, 0.717) is 32.6 Å². The third-order valence-corrected chi connectivity index (χ3v) is 5.54. The van der Waals surface area contributed by atoms with Gasteiger partial charge in [0.15, 0.2) is 0 Å². The predicted molar refractivity (Wildman–Crippen MR) is 110 cm³/mol. The number of fused-ring (bicyclic) bond motifs is 1. The minimum atomic E-state index is -0.538. The van der Waals surface area contributed by atoms with Crippen LogP contribution < -0.4 is 4.90 Å². The van der Waals surface area contributed by atoms with Gasteiger partial charge in [-0.05, 0) is 38.8 Å². The van der Waals surface area contributed by atoms with E-state index >= 15 is 0 Å². The Bertz CT molecular complexity index is 944. The van der Waals surface area contributed by atoms with Crippen LogP contribution in [0.4, 0.5) is 10.5 Å². The van der Waals surface area contributed by atoms with Crippen molar-refractivity contribution >= 4 is 17.7 Å². The first-order valence-corrected chi connectivity index (χ1v) is 10.1. The molecular formula is C22H28N4O3. The Balaban J connectivity index is 1.54. The molecule has 2 aromatic rings. The summed E-state index contributed by atoms with van der Waals surface area (Å²) in [6.07, 6.45) is 1.92. The van der Waals surface area contributed by atoms with E-state index in [1.54, 1.807) is 11.1 Å². The first kappa shape index (κ1) is 19.5. The van der Waals surface area contributed by atoms with Crippen LogP contribution in [0, 0.1) is 6.92 Å². The minimum absolute atomic E-state index is 0.100. The maximum atomic E-state index is 12.8. The lowest BCUT2D eigenvalue weighted by Gasteiger charge is -2.31. The normalized spacial score (nSPS) is 19.4. The van der Waals surface area contributed by atoms with E-state index in [1.807, 2.05) is 42.5 Å². The van der Waals surface area contributed by atoms with Gasteiger partial charge < -0.3 is 14.5 Å². The highest BCUT2D eigenvalue weighted by atomic mass is 16.6. The van der Waals surface area contributed by atoms with E-state index in [4.69, 9.17) is 4.74 Å². The Morgan fingerprint density at radius 1 is 1.21 bits per heavy atom. The zero-order valence-electron chi connectivity index (χ0n) is 17.5. The quantitative estimate of drug-likeness (QED) is 0.780. The second kappa shape index (κ2) is 7.21. The topological polar surface area (TPSA) is 67.7 Å². The lowest BCUT2D eigenvalue weighted by atomic mass is 9.94. The molecular weight excluding hydrogens is 368 g/mol. The van der Waals surface area contributed by atoms with Crippen LogP contribution in [0.2, 0.25) is 0 Å². The third-order valence-electron chi connectivity index (χ3n) is 5.54. The predicted octanol–water partition coefficient (Wildman–Crippen LogP) is 3.46. The first-order chi connectivity index (χ1) is 13.7. The summed E-state index contributed by atoms with van der Waals surface area (Å²) >= 11 is 0. The SMILES string of the molecule is Cc1ccccc1C1CC(=O)N(c2cnn3c2CN(C(=O)OC(C)(C)C)CC3)C1. The van der Waals surface area contributed by atoms with Crippen LogP contribution in [-0.4, -0.2) is 45.4 Å². The number of carbonyl (C=O) groups excluding carboxylic acids is 2. The summed E-state index contributed by atoms with van der Waals surface area (Å²) in [4.78, 5) is 28.9. The Kier molecular flexibility index (Phi) is 4.84. The molecule has 0 spiro atoms. The summed E-state index contributed by atoms with van der Waals surface area (Å²) in [5, 5.41) is 4.46. The van der Waals surface area contributed by atoms with E-state index < -0.39 is 5.60 Å². The van der Waals surface area contributed by atoms with E-state index in [0.717, 1.165) is 11.4 Å². The Morgan fingerprint density at radius 2 is 1.97 bits per heavy atom. The molecule has 0 N–H and O–H groups in total. The van der Waals surface area contributed by atoms with Gasteiger partial charge in [-0.15, -0.1) is 0 Å². The summed E-state index contributed by atoms with van der Waals surface area (Å²) in [6.45, 7) is 9.83. The van der Waals surface area contributed by atoms with Gasteiger partial charge in [-0.25, -0.2) is 4.79 Å². The Labute approximate surface area is 171 Å². The molecule has 0 radical (unpaired) electrons. The number of hydrogen-bond acceptors (Lipinski definition) is 4. The minimum Gasteiger partial charge on any atom is -0.444 e. The van der Waals surface area contributed by atoms with Crippen molar-refractivity contribution in [2.75, 3.05) is 18.0 Å². The Hall–Kier alpha value is -2.83. The number of anilines is 1. The fraction of sp³-hybridized carbons (Fsp3) is 0.500. The highest BCUT2D eigenvalue weighted by Gasteiger charge is 2.36. The molecule has 29 heavy (non-hydrogen) atoms. The number of nitrogens with zero attached hydrogens (tertiary/aromatic N) is 4. The standard InChI is InChI=1S/C22H28N4O3/c1-15-7-5-6-8-17(15)16-11-20(27)25(13-16)18-12-23-26-10-9-24(14-19(18)26)21(28)29-22(2,3)4/h5-8,12,16H,9-11,13-14H2,1-4H3. The van der Waals surface area contributed by atoms with Gasteiger partial charge in [-0.3, -0.25) is 9.48 Å². The smallest absolute Gasteiger partial charge is 0.410 e. The van der Waals surface area contributed by atoms with Gasteiger partial charge in [0.1, 0.15) is 5.60 Å². The summed E-state index contributed by atoms with van der Waals surface area (Å²) < 4.78 is 7.41. The first-order valence-electron chi connectivity index (χ1n) is 10.1. The summed E-state index contributed by atoms with van der Waals surface area (Å²) in [7, 11) is 0. The van der Waals surface area contributed by atoms with Crippen LogP contribution in [0.15, 0.2) is 30.5 Å². The molecule has 2 amide bonds. The summed E-state index contributed by atoms with van der Waals surface area (Å²) in [5.74, 6) is 0.272. The number of carbonyl (C=O) groups is 2. The average molecular weight is 396 g/mol. The highest BCUT2D eigenvalue weighted by molar-refractivity contribution is 5.97. The third kappa shape index (κ3) is 3.86. The van der Waals surface area contributed by atoms with E-state index in [2.05, 4.69) is 24.2 Å². The molecule has 1 aromatic carbocycles. The summed E-state index contributed by atoms with van der Waals surface area (Å²) in [6, 6.07) is 8.24. The second-order valence-electron chi connectivity index (χ2n) is 8.86. The molecule has 0 bridgehead atoms. The zero-order chi connectivity index (χ0) is 20.8. The maximum absolute atomic E-state index is 12.8. The van der Waals surface area contributed by atoms with Crippen molar-refractivity contribution < 1.29 is 14.3 Å². The van der Waals surface area contributed by atoms with Crippen molar-refractivity contribution in [1.82, 2.24) is 14.7 Å².